The molecule has 1 heterocycles. The van der Waals surface area contributed by atoms with Crippen LogP contribution in [0.1, 0.15) is 20.8 Å². The highest BCUT2D eigenvalue weighted by Gasteiger charge is 2.51. The van der Waals surface area contributed by atoms with Crippen molar-refractivity contribution in [3.8, 4) is 0 Å². The number of hydrogen-bond donors (Lipinski definition) is 0. The van der Waals surface area contributed by atoms with E-state index < -0.39 is 0 Å². The first-order valence-electron chi connectivity index (χ1n) is 4.84. The Morgan fingerprint density at radius 1 is 1.67 bits per heavy atom. The summed E-state index contributed by atoms with van der Waals surface area (Å²) in [6, 6.07) is 0. The Balaban J connectivity index is 2.51. The van der Waals surface area contributed by atoms with E-state index in [2.05, 4.69) is 15.9 Å². The molecule has 0 aliphatic carbocycles. The Hall–Kier alpha value is -0.610. The lowest BCUT2D eigenvalue weighted by Crippen LogP contribution is -2.08. The van der Waals surface area contributed by atoms with E-state index in [9.17, 15) is 4.79 Å². The molecule has 0 saturated carbocycles. The maximum absolute atomic E-state index is 11.1. The van der Waals surface area contributed by atoms with Crippen molar-refractivity contribution in [3.05, 3.63) is 22.7 Å². The zero-order chi connectivity index (χ0) is 11.5. The Bertz CT molecular complexity index is 309. The smallest absolute Gasteiger partial charge is 0.330 e. The monoisotopic (exact) mass is 274 g/mol. The van der Waals surface area contributed by atoms with E-state index in [1.165, 1.54) is 6.08 Å². The van der Waals surface area contributed by atoms with Gasteiger partial charge < -0.3 is 9.47 Å². The topological polar surface area (TPSA) is 38.8 Å². The zero-order valence-corrected chi connectivity index (χ0v) is 10.7. The highest BCUT2D eigenvalue weighted by molar-refractivity contribution is 9.11. The fourth-order valence-electron chi connectivity index (χ4n) is 1.37. The van der Waals surface area contributed by atoms with Gasteiger partial charge in [0.2, 0.25) is 0 Å². The Morgan fingerprint density at radius 2 is 2.33 bits per heavy atom. The van der Waals surface area contributed by atoms with Gasteiger partial charge in [0.15, 0.2) is 0 Å². The van der Waals surface area contributed by atoms with E-state index in [4.69, 9.17) is 9.47 Å². The molecule has 84 valence electrons. The fourth-order valence-corrected chi connectivity index (χ4v) is 1.61. The van der Waals surface area contributed by atoms with Gasteiger partial charge in [0.1, 0.15) is 11.7 Å². The standard InChI is InChI=1S/C11H15BrO3/c1-4-14-9(13)5-6-11(3)10(15-11)8(2)7-12/h5-7,10H,4H2,1-3H3/b6-5+,8-7+/t10-,11-/m1/s1. The van der Waals surface area contributed by atoms with Crippen LogP contribution in [0.25, 0.3) is 0 Å². The van der Waals surface area contributed by atoms with Gasteiger partial charge in [-0.3, -0.25) is 0 Å². The molecule has 0 N–H and O–H groups in total. The molecule has 1 fully saturated rings. The lowest BCUT2D eigenvalue weighted by atomic mass is 10.0. The molecule has 2 atom stereocenters. The summed E-state index contributed by atoms with van der Waals surface area (Å²) in [5.74, 6) is -0.326. The van der Waals surface area contributed by atoms with Crippen molar-refractivity contribution in [1.29, 1.82) is 0 Å². The zero-order valence-electron chi connectivity index (χ0n) is 9.12. The fraction of sp³-hybridized carbons (Fsp3) is 0.545. The molecule has 1 saturated heterocycles. The third-order valence-corrected chi connectivity index (χ3v) is 2.98. The summed E-state index contributed by atoms with van der Waals surface area (Å²) in [4.78, 5) is 12.9. The molecule has 4 heteroatoms. The predicted octanol–water partition coefficient (Wildman–Crippen LogP) is 2.56. The predicted molar refractivity (Wildman–Crippen MR) is 61.7 cm³/mol. The minimum Gasteiger partial charge on any atom is -0.463 e. The molecule has 0 amide bonds. The van der Waals surface area contributed by atoms with Crippen LogP contribution in [0.3, 0.4) is 0 Å². The number of carbonyl (C=O) groups is 1. The van der Waals surface area contributed by atoms with Gasteiger partial charge in [-0.2, -0.15) is 0 Å². The molecule has 0 aromatic carbocycles. The van der Waals surface area contributed by atoms with Crippen LogP contribution in [-0.2, 0) is 14.3 Å². The molecular weight excluding hydrogens is 260 g/mol. The van der Waals surface area contributed by atoms with Gasteiger partial charge in [-0.15, -0.1) is 0 Å². The first kappa shape index (κ1) is 12.5. The second kappa shape index (κ2) is 4.94. The summed E-state index contributed by atoms with van der Waals surface area (Å²) >= 11 is 3.25. The quantitative estimate of drug-likeness (QED) is 0.449. The molecule has 15 heavy (non-hydrogen) atoms. The Kier molecular flexibility index (Phi) is 4.11. The number of hydrogen-bond acceptors (Lipinski definition) is 3. The highest BCUT2D eigenvalue weighted by Crippen LogP contribution is 2.42. The Morgan fingerprint density at radius 3 is 2.87 bits per heavy atom. The molecule has 3 nitrogen and oxygen atoms in total. The average molecular weight is 275 g/mol. The first-order valence-corrected chi connectivity index (χ1v) is 5.75. The lowest BCUT2D eigenvalue weighted by Gasteiger charge is -1.99. The lowest BCUT2D eigenvalue weighted by molar-refractivity contribution is -0.137. The SMILES string of the molecule is CCOC(=O)/C=C/[C@@]1(C)O[C@@H]1/C(C)=C/Br. The van der Waals surface area contributed by atoms with Crippen LogP contribution in [0, 0.1) is 0 Å². The summed E-state index contributed by atoms with van der Waals surface area (Å²) in [7, 11) is 0. The number of carbonyl (C=O) groups excluding carboxylic acids is 1. The minimum absolute atomic E-state index is 0.0579. The number of esters is 1. The summed E-state index contributed by atoms with van der Waals surface area (Å²) in [6.07, 6.45) is 3.23. The largest absolute Gasteiger partial charge is 0.463 e. The minimum atomic E-state index is -0.360. The molecule has 0 aromatic heterocycles. The number of rotatable bonds is 4. The molecule has 0 radical (unpaired) electrons. The summed E-state index contributed by atoms with van der Waals surface area (Å²) in [5, 5.41) is 0. The van der Waals surface area contributed by atoms with Gasteiger partial charge in [-0.05, 0) is 37.4 Å². The average Bonchev–Trinajstić information content (AvgIpc) is 2.88. The van der Waals surface area contributed by atoms with E-state index in [0.29, 0.717) is 6.61 Å². The van der Waals surface area contributed by atoms with E-state index in [1.807, 2.05) is 18.8 Å². The van der Waals surface area contributed by atoms with E-state index >= 15 is 0 Å². The van der Waals surface area contributed by atoms with Crippen molar-refractivity contribution < 1.29 is 14.3 Å². The molecule has 1 rings (SSSR count). The second-order valence-corrected chi connectivity index (χ2v) is 4.08. The summed E-state index contributed by atoms with van der Waals surface area (Å²) in [5.41, 5.74) is 0.743. The van der Waals surface area contributed by atoms with Crippen LogP contribution < -0.4 is 0 Å². The maximum atomic E-state index is 11.1. The van der Waals surface area contributed by atoms with Crippen molar-refractivity contribution in [1.82, 2.24) is 0 Å². The third kappa shape index (κ3) is 3.18. The summed E-state index contributed by atoms with van der Waals surface area (Å²) < 4.78 is 10.3. The van der Waals surface area contributed by atoms with Crippen LogP contribution in [0.5, 0.6) is 0 Å². The number of epoxide rings is 1. The molecule has 0 spiro atoms. The first-order chi connectivity index (χ1) is 7.03. The van der Waals surface area contributed by atoms with Crippen molar-refractivity contribution in [3.63, 3.8) is 0 Å². The molecule has 0 bridgehead atoms. The molecule has 1 aliphatic heterocycles. The van der Waals surface area contributed by atoms with Crippen molar-refractivity contribution in [2.24, 2.45) is 0 Å². The second-order valence-electron chi connectivity index (χ2n) is 3.62. The van der Waals surface area contributed by atoms with Crippen LogP contribution in [0.15, 0.2) is 22.7 Å². The number of ether oxygens (including phenoxy) is 2. The van der Waals surface area contributed by atoms with Crippen LogP contribution in [0.2, 0.25) is 0 Å². The third-order valence-electron chi connectivity index (χ3n) is 2.26. The van der Waals surface area contributed by atoms with Crippen molar-refractivity contribution >= 4 is 21.9 Å². The molecule has 0 unspecified atom stereocenters. The van der Waals surface area contributed by atoms with E-state index in [0.717, 1.165) is 5.57 Å². The maximum Gasteiger partial charge on any atom is 0.330 e. The molecule has 1 aliphatic rings. The van der Waals surface area contributed by atoms with Crippen LogP contribution in [0.4, 0.5) is 0 Å². The normalized spacial score (nSPS) is 30.7. The molecular formula is C11H15BrO3. The molecule has 0 aromatic rings. The van der Waals surface area contributed by atoms with Gasteiger partial charge in [0, 0.05) is 6.08 Å². The van der Waals surface area contributed by atoms with E-state index in [-0.39, 0.29) is 17.7 Å². The van der Waals surface area contributed by atoms with Gasteiger partial charge >= 0.3 is 5.97 Å². The van der Waals surface area contributed by atoms with Crippen molar-refractivity contribution in [2.45, 2.75) is 32.5 Å². The Labute approximate surface area is 98.3 Å². The van der Waals surface area contributed by atoms with Crippen LogP contribution in [-0.4, -0.2) is 24.3 Å². The van der Waals surface area contributed by atoms with E-state index in [1.54, 1.807) is 13.0 Å². The van der Waals surface area contributed by atoms with Gasteiger partial charge in [-0.25, -0.2) is 4.79 Å². The van der Waals surface area contributed by atoms with Gasteiger partial charge in [-0.1, -0.05) is 15.9 Å². The van der Waals surface area contributed by atoms with Gasteiger partial charge in [0.25, 0.3) is 0 Å². The summed E-state index contributed by atoms with van der Waals surface area (Å²) in [6.45, 7) is 6.09. The van der Waals surface area contributed by atoms with Crippen LogP contribution >= 0.6 is 15.9 Å². The van der Waals surface area contributed by atoms with Gasteiger partial charge in [0.05, 0.1) is 6.61 Å². The van der Waals surface area contributed by atoms with Crippen molar-refractivity contribution in [2.75, 3.05) is 6.61 Å². The number of halogens is 1. The highest BCUT2D eigenvalue weighted by atomic mass is 79.9.